The standard InChI is InChI=1S/C21H21Cl2N3O2/c22-17-6-2-1-5-15(17)16-13-20(27)26(21(16)28)14-24-9-11-25(12-10-24)19-8-4-3-7-18(19)23/h1-8,13,27-28H,9-12,14H2. The minimum absolute atomic E-state index is 0.0131. The summed E-state index contributed by atoms with van der Waals surface area (Å²) in [5, 5.41) is 22.3. The van der Waals surface area contributed by atoms with E-state index in [1.54, 1.807) is 12.1 Å². The van der Waals surface area contributed by atoms with Crippen LogP contribution in [-0.4, -0.2) is 45.9 Å². The van der Waals surface area contributed by atoms with Crippen LogP contribution in [0.4, 0.5) is 5.69 Å². The van der Waals surface area contributed by atoms with Crippen LogP contribution in [0.15, 0.2) is 54.6 Å². The SMILES string of the molecule is Oc1cc(-c2ccccc2Cl)c(O)n1CN1CCN(c2ccccc2Cl)CC1. The maximum atomic E-state index is 10.7. The molecule has 0 bridgehead atoms. The zero-order valence-corrected chi connectivity index (χ0v) is 16.7. The van der Waals surface area contributed by atoms with Gasteiger partial charge in [-0.15, -0.1) is 0 Å². The van der Waals surface area contributed by atoms with Gasteiger partial charge in [0, 0.05) is 48.4 Å². The van der Waals surface area contributed by atoms with Gasteiger partial charge in [-0.25, -0.2) is 0 Å². The number of halogens is 2. The second kappa shape index (κ2) is 7.95. The lowest BCUT2D eigenvalue weighted by atomic mass is 10.1. The van der Waals surface area contributed by atoms with Gasteiger partial charge < -0.3 is 15.1 Å². The summed E-state index contributed by atoms with van der Waals surface area (Å²) >= 11 is 12.5. The summed E-state index contributed by atoms with van der Waals surface area (Å²) < 4.78 is 1.50. The second-order valence-electron chi connectivity index (χ2n) is 6.85. The third kappa shape index (κ3) is 3.65. The molecule has 0 aliphatic carbocycles. The highest BCUT2D eigenvalue weighted by Gasteiger charge is 2.22. The second-order valence-corrected chi connectivity index (χ2v) is 7.66. The highest BCUT2D eigenvalue weighted by Crippen LogP contribution is 2.39. The topological polar surface area (TPSA) is 51.9 Å². The number of benzene rings is 2. The van der Waals surface area contributed by atoms with Crippen molar-refractivity contribution < 1.29 is 10.2 Å². The molecule has 0 saturated carbocycles. The Morgan fingerprint density at radius 2 is 1.43 bits per heavy atom. The van der Waals surface area contributed by atoms with E-state index in [-0.39, 0.29) is 11.8 Å². The van der Waals surface area contributed by atoms with E-state index in [0.29, 0.717) is 22.8 Å². The highest BCUT2D eigenvalue weighted by molar-refractivity contribution is 6.33. The fourth-order valence-corrected chi connectivity index (χ4v) is 4.07. The van der Waals surface area contributed by atoms with E-state index in [9.17, 15) is 10.2 Å². The molecule has 1 aromatic heterocycles. The molecule has 28 heavy (non-hydrogen) atoms. The molecule has 1 saturated heterocycles. The van der Waals surface area contributed by atoms with E-state index in [1.807, 2.05) is 42.5 Å². The molecule has 2 aromatic carbocycles. The average Bonchev–Trinajstić information content (AvgIpc) is 2.97. The fourth-order valence-electron chi connectivity index (χ4n) is 3.58. The summed E-state index contributed by atoms with van der Waals surface area (Å²) in [6.07, 6.45) is 0. The number of rotatable bonds is 4. The zero-order chi connectivity index (χ0) is 19.7. The summed E-state index contributed by atoms with van der Waals surface area (Å²) in [6, 6.07) is 16.7. The molecule has 7 heteroatoms. The first-order valence-corrected chi connectivity index (χ1v) is 9.88. The number of nitrogens with zero attached hydrogens (tertiary/aromatic N) is 3. The summed E-state index contributed by atoms with van der Waals surface area (Å²) in [5.41, 5.74) is 2.26. The van der Waals surface area contributed by atoms with E-state index in [4.69, 9.17) is 23.2 Å². The van der Waals surface area contributed by atoms with Gasteiger partial charge in [-0.1, -0.05) is 53.5 Å². The van der Waals surface area contributed by atoms with Crippen LogP contribution in [-0.2, 0) is 6.67 Å². The first kappa shape index (κ1) is 19.0. The van der Waals surface area contributed by atoms with Gasteiger partial charge in [-0.2, -0.15) is 0 Å². The third-order valence-corrected chi connectivity index (χ3v) is 5.77. The number of piperazine rings is 1. The van der Waals surface area contributed by atoms with Gasteiger partial charge in [0.05, 0.1) is 17.4 Å². The number of aromatic hydroxyl groups is 2. The van der Waals surface area contributed by atoms with Crippen LogP contribution in [0.2, 0.25) is 10.0 Å². The van der Waals surface area contributed by atoms with Crippen molar-refractivity contribution in [1.82, 2.24) is 9.47 Å². The normalized spacial score (nSPS) is 15.1. The molecule has 2 N–H and O–H groups in total. The average molecular weight is 418 g/mol. The van der Waals surface area contributed by atoms with Gasteiger partial charge >= 0.3 is 0 Å². The van der Waals surface area contributed by atoms with Gasteiger partial charge in [-0.3, -0.25) is 9.47 Å². The molecule has 0 unspecified atom stereocenters. The van der Waals surface area contributed by atoms with E-state index in [2.05, 4.69) is 9.80 Å². The molecule has 0 atom stereocenters. The van der Waals surface area contributed by atoms with Gasteiger partial charge in [0.15, 0.2) is 5.88 Å². The molecule has 1 aliphatic rings. The molecule has 0 radical (unpaired) electrons. The van der Waals surface area contributed by atoms with Crippen LogP contribution < -0.4 is 4.90 Å². The first-order chi connectivity index (χ1) is 13.5. The molecule has 5 nitrogen and oxygen atoms in total. The fraction of sp³-hybridized carbons (Fsp3) is 0.238. The Morgan fingerprint density at radius 1 is 0.786 bits per heavy atom. The van der Waals surface area contributed by atoms with Crippen molar-refractivity contribution in [3.05, 3.63) is 64.6 Å². The summed E-state index contributed by atoms with van der Waals surface area (Å²) in [4.78, 5) is 4.44. The van der Waals surface area contributed by atoms with Crippen LogP contribution in [0.25, 0.3) is 11.1 Å². The van der Waals surface area contributed by atoms with E-state index < -0.39 is 0 Å². The monoisotopic (exact) mass is 417 g/mol. The minimum atomic E-state index is 0.0131. The van der Waals surface area contributed by atoms with Crippen LogP contribution in [0.3, 0.4) is 0 Å². The number of aromatic nitrogens is 1. The van der Waals surface area contributed by atoms with Crippen LogP contribution in [0, 0.1) is 0 Å². The summed E-state index contributed by atoms with van der Waals surface area (Å²) in [5.74, 6) is 0.0279. The smallest absolute Gasteiger partial charge is 0.203 e. The van der Waals surface area contributed by atoms with Crippen molar-refractivity contribution >= 4 is 28.9 Å². The number of para-hydroxylation sites is 1. The maximum Gasteiger partial charge on any atom is 0.203 e. The Bertz CT molecular complexity index is 982. The molecule has 146 valence electrons. The van der Waals surface area contributed by atoms with E-state index >= 15 is 0 Å². The lowest BCUT2D eigenvalue weighted by molar-refractivity contribution is 0.187. The highest BCUT2D eigenvalue weighted by atomic mass is 35.5. The minimum Gasteiger partial charge on any atom is -0.494 e. The van der Waals surface area contributed by atoms with Crippen LogP contribution in [0.1, 0.15) is 0 Å². The van der Waals surface area contributed by atoms with Crippen molar-refractivity contribution in [2.75, 3.05) is 31.1 Å². The van der Waals surface area contributed by atoms with E-state index in [1.165, 1.54) is 4.57 Å². The lowest BCUT2D eigenvalue weighted by Crippen LogP contribution is -2.46. The molecule has 1 fully saturated rings. The van der Waals surface area contributed by atoms with Crippen LogP contribution in [0.5, 0.6) is 11.8 Å². The van der Waals surface area contributed by atoms with Crippen molar-refractivity contribution in [3.63, 3.8) is 0 Å². The van der Waals surface area contributed by atoms with Crippen LogP contribution >= 0.6 is 23.2 Å². The number of anilines is 1. The predicted octanol–water partition coefficient (Wildman–Crippen LogP) is 4.65. The predicted molar refractivity (Wildman–Crippen MR) is 113 cm³/mol. The van der Waals surface area contributed by atoms with Crippen molar-refractivity contribution in [3.8, 4) is 22.9 Å². The Labute approximate surface area is 173 Å². The van der Waals surface area contributed by atoms with Gasteiger partial charge in [0.2, 0.25) is 5.88 Å². The molecular weight excluding hydrogens is 397 g/mol. The largest absolute Gasteiger partial charge is 0.494 e. The zero-order valence-electron chi connectivity index (χ0n) is 15.2. The molecule has 2 heterocycles. The summed E-state index contributed by atoms with van der Waals surface area (Å²) in [7, 11) is 0. The van der Waals surface area contributed by atoms with Gasteiger partial charge in [0.25, 0.3) is 0 Å². The maximum absolute atomic E-state index is 10.7. The molecule has 3 aromatic rings. The lowest BCUT2D eigenvalue weighted by Gasteiger charge is -2.36. The Kier molecular flexibility index (Phi) is 5.40. The molecule has 1 aliphatic heterocycles. The first-order valence-electron chi connectivity index (χ1n) is 9.13. The Morgan fingerprint density at radius 3 is 2.11 bits per heavy atom. The third-order valence-electron chi connectivity index (χ3n) is 5.12. The quantitative estimate of drug-likeness (QED) is 0.648. The number of hydrogen-bond acceptors (Lipinski definition) is 4. The summed E-state index contributed by atoms with van der Waals surface area (Å²) in [6.45, 7) is 3.64. The van der Waals surface area contributed by atoms with E-state index in [0.717, 1.165) is 36.9 Å². The molecule has 0 amide bonds. The van der Waals surface area contributed by atoms with Crippen molar-refractivity contribution in [1.29, 1.82) is 0 Å². The van der Waals surface area contributed by atoms with Gasteiger partial charge in [-0.05, 0) is 18.2 Å². The van der Waals surface area contributed by atoms with Gasteiger partial charge in [0.1, 0.15) is 0 Å². The van der Waals surface area contributed by atoms with Crippen molar-refractivity contribution in [2.45, 2.75) is 6.67 Å². The Hall–Kier alpha value is -2.34. The molecular formula is C21H21Cl2N3O2. The van der Waals surface area contributed by atoms with Crippen molar-refractivity contribution in [2.24, 2.45) is 0 Å². The molecule has 4 rings (SSSR count). The molecule has 0 spiro atoms. The number of hydrogen-bond donors (Lipinski definition) is 2. The Balaban J connectivity index is 1.48.